The van der Waals surface area contributed by atoms with Gasteiger partial charge in [0.25, 0.3) is 5.91 Å². The van der Waals surface area contributed by atoms with Crippen LogP contribution in [0.25, 0.3) is 6.08 Å². The summed E-state index contributed by atoms with van der Waals surface area (Å²) in [6, 6.07) is 10.0. The van der Waals surface area contributed by atoms with Crippen molar-refractivity contribution in [1.82, 2.24) is 5.32 Å². The van der Waals surface area contributed by atoms with E-state index in [2.05, 4.69) is 10.3 Å². The predicted molar refractivity (Wildman–Crippen MR) is 98.7 cm³/mol. The molecular formula is C17H9Cl2F3N2OS. The fraction of sp³-hybridized carbons (Fsp3) is 0.0588. The van der Waals surface area contributed by atoms with Gasteiger partial charge in [-0.3, -0.25) is 4.79 Å². The monoisotopic (exact) mass is 416 g/mol. The van der Waals surface area contributed by atoms with Gasteiger partial charge in [0.15, 0.2) is 5.17 Å². The number of nitrogens with one attached hydrogen (secondary N) is 1. The number of halogens is 5. The molecule has 3 nitrogen and oxygen atoms in total. The molecule has 2 aromatic rings. The average Bonchev–Trinajstić information content (AvgIpc) is 2.90. The lowest BCUT2D eigenvalue weighted by Gasteiger charge is -2.10. The van der Waals surface area contributed by atoms with E-state index in [1.807, 2.05) is 0 Å². The largest absolute Gasteiger partial charge is 0.418 e. The number of hydrogen-bond donors (Lipinski definition) is 1. The highest BCUT2D eigenvalue weighted by Crippen LogP contribution is 2.39. The van der Waals surface area contributed by atoms with E-state index in [9.17, 15) is 18.0 Å². The maximum atomic E-state index is 13.1. The van der Waals surface area contributed by atoms with E-state index < -0.39 is 17.6 Å². The van der Waals surface area contributed by atoms with Crippen molar-refractivity contribution < 1.29 is 18.0 Å². The van der Waals surface area contributed by atoms with E-state index >= 15 is 0 Å². The van der Waals surface area contributed by atoms with Gasteiger partial charge in [-0.25, -0.2) is 4.99 Å². The Morgan fingerprint density at radius 1 is 1.04 bits per heavy atom. The Labute approximate surface area is 160 Å². The number of amides is 1. The highest BCUT2D eigenvalue weighted by atomic mass is 35.5. The Hall–Kier alpha value is -1.96. The summed E-state index contributed by atoms with van der Waals surface area (Å²) in [5, 5.41) is 3.02. The molecule has 0 atom stereocenters. The van der Waals surface area contributed by atoms with Crippen molar-refractivity contribution in [2.45, 2.75) is 6.18 Å². The lowest BCUT2D eigenvalue weighted by molar-refractivity contribution is -0.137. The summed E-state index contributed by atoms with van der Waals surface area (Å²) in [4.78, 5) is 16.3. The van der Waals surface area contributed by atoms with Crippen LogP contribution in [-0.4, -0.2) is 11.1 Å². The van der Waals surface area contributed by atoms with Crippen LogP contribution in [0.2, 0.25) is 10.0 Å². The van der Waals surface area contributed by atoms with Crippen molar-refractivity contribution in [1.29, 1.82) is 0 Å². The number of rotatable bonds is 2. The first-order valence-electron chi connectivity index (χ1n) is 7.14. The molecule has 1 amide bonds. The Kier molecular flexibility index (Phi) is 5.32. The fourth-order valence-corrected chi connectivity index (χ4v) is 3.27. The van der Waals surface area contributed by atoms with E-state index in [-0.39, 0.29) is 15.9 Å². The first kappa shape index (κ1) is 18.8. The van der Waals surface area contributed by atoms with E-state index in [0.717, 1.165) is 29.5 Å². The Morgan fingerprint density at radius 3 is 2.35 bits per heavy atom. The number of benzene rings is 2. The standard InChI is InChI=1S/C17H9Cl2F3N2OS/c18-10-3-1-9(2-4-10)7-14-15(25)24-16(26-14)23-13-6-5-11(19)8-12(13)17(20,21)22/h1-8H,(H,23,24,25)/b14-7-. The number of alkyl halides is 3. The van der Waals surface area contributed by atoms with Crippen LogP contribution in [0.4, 0.5) is 18.9 Å². The van der Waals surface area contributed by atoms with Gasteiger partial charge in [0.2, 0.25) is 0 Å². The molecule has 1 heterocycles. The normalized spacial score (nSPS) is 17.8. The van der Waals surface area contributed by atoms with Gasteiger partial charge < -0.3 is 5.32 Å². The summed E-state index contributed by atoms with van der Waals surface area (Å²) in [5.41, 5.74) is -0.560. The lowest BCUT2D eigenvalue weighted by atomic mass is 10.2. The highest BCUT2D eigenvalue weighted by molar-refractivity contribution is 8.18. The predicted octanol–water partition coefficient (Wildman–Crippen LogP) is 5.90. The zero-order chi connectivity index (χ0) is 18.9. The summed E-state index contributed by atoms with van der Waals surface area (Å²) in [6.07, 6.45) is -3.01. The molecule has 0 aliphatic carbocycles. The number of nitrogens with zero attached hydrogens (tertiary/aromatic N) is 1. The number of hydrogen-bond acceptors (Lipinski definition) is 3. The number of carbonyl (C=O) groups excluding carboxylic acids is 1. The third-order valence-electron chi connectivity index (χ3n) is 3.30. The second-order valence-corrected chi connectivity index (χ2v) is 7.10. The van der Waals surface area contributed by atoms with Crippen molar-refractivity contribution in [2.75, 3.05) is 0 Å². The Morgan fingerprint density at radius 2 is 1.69 bits per heavy atom. The van der Waals surface area contributed by atoms with Gasteiger partial charge in [-0.1, -0.05) is 35.3 Å². The van der Waals surface area contributed by atoms with Gasteiger partial charge in [0.05, 0.1) is 16.2 Å². The zero-order valence-corrected chi connectivity index (χ0v) is 15.1. The summed E-state index contributed by atoms with van der Waals surface area (Å²) < 4.78 is 39.4. The molecule has 3 rings (SSSR count). The van der Waals surface area contributed by atoms with Crippen LogP contribution in [0.5, 0.6) is 0 Å². The lowest BCUT2D eigenvalue weighted by Crippen LogP contribution is -2.19. The molecule has 0 unspecified atom stereocenters. The minimum absolute atomic E-state index is 0.0484. The second-order valence-electron chi connectivity index (χ2n) is 5.19. The average molecular weight is 417 g/mol. The van der Waals surface area contributed by atoms with Gasteiger partial charge in [0.1, 0.15) is 0 Å². The molecule has 0 radical (unpaired) electrons. The summed E-state index contributed by atoms with van der Waals surface area (Å²) in [6.45, 7) is 0. The van der Waals surface area contributed by atoms with Crippen LogP contribution in [0.1, 0.15) is 11.1 Å². The molecule has 1 N–H and O–H groups in total. The molecule has 0 saturated carbocycles. The smallest absolute Gasteiger partial charge is 0.300 e. The molecule has 0 spiro atoms. The summed E-state index contributed by atoms with van der Waals surface area (Å²) >= 11 is 12.4. The molecule has 1 saturated heterocycles. The molecule has 9 heteroatoms. The molecule has 1 fully saturated rings. The molecular weight excluding hydrogens is 408 g/mol. The van der Waals surface area contributed by atoms with Crippen LogP contribution in [0, 0.1) is 0 Å². The Bertz CT molecular complexity index is 925. The van der Waals surface area contributed by atoms with E-state index in [1.54, 1.807) is 30.3 Å². The van der Waals surface area contributed by atoms with Crippen LogP contribution in [0.3, 0.4) is 0 Å². The minimum Gasteiger partial charge on any atom is -0.300 e. The molecule has 26 heavy (non-hydrogen) atoms. The van der Waals surface area contributed by atoms with Crippen LogP contribution < -0.4 is 5.32 Å². The van der Waals surface area contributed by atoms with Crippen molar-refractivity contribution in [3.63, 3.8) is 0 Å². The maximum absolute atomic E-state index is 13.1. The van der Waals surface area contributed by atoms with E-state index in [0.29, 0.717) is 9.93 Å². The summed E-state index contributed by atoms with van der Waals surface area (Å²) in [5.74, 6) is -0.439. The zero-order valence-electron chi connectivity index (χ0n) is 12.8. The first-order chi connectivity index (χ1) is 12.2. The SMILES string of the molecule is O=C1NC(=Nc2ccc(Cl)cc2C(F)(F)F)S/C1=C\c1ccc(Cl)cc1. The minimum atomic E-state index is -4.61. The van der Waals surface area contributed by atoms with Crippen molar-refractivity contribution in [3.8, 4) is 0 Å². The number of carbonyl (C=O) groups is 1. The number of aliphatic imine (C=N–C) groups is 1. The molecule has 1 aliphatic rings. The van der Waals surface area contributed by atoms with Crippen LogP contribution >= 0.6 is 35.0 Å². The first-order valence-corrected chi connectivity index (χ1v) is 8.71. The Balaban J connectivity index is 1.90. The van der Waals surface area contributed by atoms with E-state index in [4.69, 9.17) is 23.2 Å². The van der Waals surface area contributed by atoms with Gasteiger partial charge in [-0.15, -0.1) is 0 Å². The molecule has 0 bridgehead atoms. The van der Waals surface area contributed by atoms with Gasteiger partial charge in [0, 0.05) is 10.0 Å². The van der Waals surface area contributed by atoms with Crippen molar-refractivity contribution >= 4 is 57.8 Å². The fourth-order valence-electron chi connectivity index (χ4n) is 2.13. The highest BCUT2D eigenvalue weighted by Gasteiger charge is 2.34. The van der Waals surface area contributed by atoms with Crippen molar-refractivity contribution in [2.24, 2.45) is 4.99 Å². The second kappa shape index (κ2) is 7.34. The van der Waals surface area contributed by atoms with E-state index in [1.165, 1.54) is 6.07 Å². The third-order valence-corrected chi connectivity index (χ3v) is 4.70. The van der Waals surface area contributed by atoms with Gasteiger partial charge in [-0.2, -0.15) is 13.2 Å². The summed E-state index contributed by atoms with van der Waals surface area (Å²) in [7, 11) is 0. The van der Waals surface area contributed by atoms with Crippen LogP contribution in [-0.2, 0) is 11.0 Å². The molecule has 1 aliphatic heterocycles. The molecule has 0 aromatic heterocycles. The maximum Gasteiger partial charge on any atom is 0.418 e. The third kappa shape index (κ3) is 4.41. The quantitative estimate of drug-likeness (QED) is 0.618. The van der Waals surface area contributed by atoms with Gasteiger partial charge in [-0.05, 0) is 53.7 Å². The molecule has 134 valence electrons. The number of thioether (sulfide) groups is 1. The topological polar surface area (TPSA) is 41.5 Å². The molecule has 2 aromatic carbocycles. The van der Waals surface area contributed by atoms with Crippen molar-refractivity contribution in [3.05, 3.63) is 68.5 Å². The van der Waals surface area contributed by atoms with Crippen LogP contribution in [0.15, 0.2) is 52.4 Å². The van der Waals surface area contributed by atoms with Gasteiger partial charge >= 0.3 is 6.18 Å². The number of amidine groups is 1.